The number of nitrogens with zero attached hydrogens (tertiary/aromatic N) is 4. The van der Waals surface area contributed by atoms with Gasteiger partial charge in [0.25, 0.3) is 0 Å². The van der Waals surface area contributed by atoms with Crippen molar-refractivity contribution in [1.82, 2.24) is 15.2 Å². The van der Waals surface area contributed by atoms with Crippen molar-refractivity contribution in [3.63, 3.8) is 0 Å². The molecule has 1 aromatic heterocycles. The molecule has 6 heteroatoms. The average molecular weight is 406 g/mol. The summed E-state index contributed by atoms with van der Waals surface area (Å²) in [5, 5.41) is 3.54. The fourth-order valence-corrected chi connectivity index (χ4v) is 4.58. The van der Waals surface area contributed by atoms with Crippen LogP contribution in [-0.4, -0.2) is 55.0 Å². The molecule has 4 rings (SSSR count). The van der Waals surface area contributed by atoms with Crippen LogP contribution in [0.4, 0.5) is 5.69 Å². The number of benzene rings is 1. The van der Waals surface area contributed by atoms with Crippen molar-refractivity contribution < 1.29 is 4.79 Å². The molecule has 1 unspecified atom stereocenters. The second kappa shape index (κ2) is 9.28. The van der Waals surface area contributed by atoms with E-state index in [4.69, 9.17) is 0 Å². The van der Waals surface area contributed by atoms with Crippen LogP contribution in [0.25, 0.3) is 0 Å². The molecule has 0 saturated carbocycles. The number of rotatable bonds is 6. The Morgan fingerprint density at radius 2 is 2.17 bits per heavy atom. The quantitative estimate of drug-likeness (QED) is 0.593. The van der Waals surface area contributed by atoms with Crippen LogP contribution in [0.15, 0.2) is 47.7 Å². The molecule has 30 heavy (non-hydrogen) atoms. The van der Waals surface area contributed by atoms with Gasteiger partial charge in [0.05, 0.1) is 0 Å². The SMILES string of the molecule is CN=C(NCCc1ccncc1C)N1CC(CCN2CCCC2=O)c2ccccc21. The lowest BCUT2D eigenvalue weighted by atomic mass is 9.98. The van der Waals surface area contributed by atoms with Gasteiger partial charge >= 0.3 is 0 Å². The highest BCUT2D eigenvalue weighted by molar-refractivity contribution is 5.98. The van der Waals surface area contributed by atoms with Crippen molar-refractivity contribution in [2.75, 3.05) is 38.1 Å². The number of anilines is 1. The summed E-state index contributed by atoms with van der Waals surface area (Å²) in [6.45, 7) is 5.58. The number of aromatic nitrogens is 1. The first-order valence-electron chi connectivity index (χ1n) is 10.9. The molecule has 2 aliphatic heterocycles. The minimum Gasteiger partial charge on any atom is -0.356 e. The van der Waals surface area contributed by atoms with Crippen molar-refractivity contribution in [1.29, 1.82) is 0 Å². The third-order valence-corrected chi connectivity index (χ3v) is 6.27. The second-order valence-corrected chi connectivity index (χ2v) is 8.17. The summed E-state index contributed by atoms with van der Waals surface area (Å²) in [6.07, 6.45) is 7.40. The molecule has 3 heterocycles. The highest BCUT2D eigenvalue weighted by Gasteiger charge is 2.32. The molecule has 1 amide bonds. The summed E-state index contributed by atoms with van der Waals surface area (Å²) in [5.74, 6) is 1.63. The minimum atomic E-state index is 0.307. The van der Waals surface area contributed by atoms with E-state index in [1.54, 1.807) is 0 Å². The van der Waals surface area contributed by atoms with Gasteiger partial charge in [-0.3, -0.25) is 14.8 Å². The molecule has 1 N–H and O–H groups in total. The molecule has 0 spiro atoms. The number of hydrogen-bond acceptors (Lipinski definition) is 3. The van der Waals surface area contributed by atoms with Gasteiger partial charge in [-0.1, -0.05) is 18.2 Å². The van der Waals surface area contributed by atoms with Gasteiger partial charge in [0.1, 0.15) is 0 Å². The van der Waals surface area contributed by atoms with E-state index >= 15 is 0 Å². The van der Waals surface area contributed by atoms with E-state index in [1.165, 1.54) is 22.4 Å². The van der Waals surface area contributed by atoms with E-state index in [9.17, 15) is 4.79 Å². The van der Waals surface area contributed by atoms with Crippen LogP contribution in [0.5, 0.6) is 0 Å². The van der Waals surface area contributed by atoms with Crippen molar-refractivity contribution in [2.24, 2.45) is 4.99 Å². The first-order valence-corrected chi connectivity index (χ1v) is 10.9. The number of carbonyl (C=O) groups excluding carboxylic acids is 1. The second-order valence-electron chi connectivity index (χ2n) is 8.17. The third kappa shape index (κ3) is 4.32. The number of hydrogen-bond donors (Lipinski definition) is 1. The van der Waals surface area contributed by atoms with Gasteiger partial charge < -0.3 is 15.1 Å². The van der Waals surface area contributed by atoms with Gasteiger partial charge in [-0.15, -0.1) is 0 Å². The van der Waals surface area contributed by atoms with Crippen molar-refractivity contribution in [3.05, 3.63) is 59.4 Å². The van der Waals surface area contributed by atoms with Gasteiger partial charge in [0.15, 0.2) is 5.96 Å². The molecule has 2 aliphatic rings. The number of para-hydroxylation sites is 1. The third-order valence-electron chi connectivity index (χ3n) is 6.27. The smallest absolute Gasteiger partial charge is 0.222 e. The maximum atomic E-state index is 12.0. The zero-order chi connectivity index (χ0) is 20.9. The maximum Gasteiger partial charge on any atom is 0.222 e. The van der Waals surface area contributed by atoms with Gasteiger partial charge in [-0.25, -0.2) is 0 Å². The highest BCUT2D eigenvalue weighted by atomic mass is 16.2. The fraction of sp³-hybridized carbons (Fsp3) is 0.458. The number of carbonyl (C=O) groups is 1. The summed E-state index contributed by atoms with van der Waals surface area (Å²) < 4.78 is 0. The van der Waals surface area contributed by atoms with E-state index < -0.39 is 0 Å². The van der Waals surface area contributed by atoms with Gasteiger partial charge in [-0.2, -0.15) is 0 Å². The summed E-state index contributed by atoms with van der Waals surface area (Å²) in [5.41, 5.74) is 5.11. The van der Waals surface area contributed by atoms with Crippen LogP contribution in [0.2, 0.25) is 0 Å². The Morgan fingerprint density at radius 1 is 1.30 bits per heavy atom. The van der Waals surface area contributed by atoms with E-state index in [1.807, 2.05) is 24.3 Å². The minimum absolute atomic E-state index is 0.307. The van der Waals surface area contributed by atoms with E-state index in [2.05, 4.69) is 57.4 Å². The molecule has 1 fully saturated rings. The Kier molecular flexibility index (Phi) is 6.31. The summed E-state index contributed by atoms with van der Waals surface area (Å²) in [7, 11) is 1.85. The van der Waals surface area contributed by atoms with Crippen molar-refractivity contribution in [3.8, 4) is 0 Å². The van der Waals surface area contributed by atoms with Gasteiger partial charge in [0.2, 0.25) is 5.91 Å². The fourth-order valence-electron chi connectivity index (χ4n) is 4.58. The van der Waals surface area contributed by atoms with Crippen LogP contribution in [0.3, 0.4) is 0 Å². The summed E-state index contributed by atoms with van der Waals surface area (Å²) in [4.78, 5) is 25.0. The van der Waals surface area contributed by atoms with Crippen LogP contribution >= 0.6 is 0 Å². The molecule has 0 radical (unpaired) electrons. The lowest BCUT2D eigenvalue weighted by Crippen LogP contribution is -2.42. The predicted molar refractivity (Wildman–Crippen MR) is 121 cm³/mol. The van der Waals surface area contributed by atoms with Crippen LogP contribution in [-0.2, 0) is 11.2 Å². The topological polar surface area (TPSA) is 60.8 Å². The Balaban J connectivity index is 1.41. The number of nitrogens with one attached hydrogen (secondary N) is 1. The normalized spacial score (nSPS) is 18.8. The molecule has 6 nitrogen and oxygen atoms in total. The largest absolute Gasteiger partial charge is 0.356 e. The summed E-state index contributed by atoms with van der Waals surface area (Å²) in [6, 6.07) is 10.7. The van der Waals surface area contributed by atoms with E-state index in [0.29, 0.717) is 18.2 Å². The Bertz CT molecular complexity index is 925. The first-order chi connectivity index (χ1) is 14.7. The molecule has 0 aliphatic carbocycles. The zero-order valence-electron chi connectivity index (χ0n) is 18.0. The lowest BCUT2D eigenvalue weighted by Gasteiger charge is -2.23. The van der Waals surface area contributed by atoms with Crippen LogP contribution < -0.4 is 10.2 Å². The molecular formula is C24H31N5O. The average Bonchev–Trinajstić information content (AvgIpc) is 3.34. The number of fused-ring (bicyclic) bond motifs is 1. The Labute approximate surface area is 179 Å². The molecule has 1 aromatic carbocycles. The lowest BCUT2D eigenvalue weighted by molar-refractivity contribution is -0.127. The number of aliphatic imine (C=N–C) groups is 1. The number of aryl methyl sites for hydroxylation is 1. The van der Waals surface area contributed by atoms with Crippen molar-refractivity contribution >= 4 is 17.6 Å². The molecule has 1 atom stereocenters. The molecule has 0 bridgehead atoms. The Hall–Kier alpha value is -2.89. The highest BCUT2D eigenvalue weighted by Crippen LogP contribution is 2.38. The number of pyridine rings is 1. The van der Waals surface area contributed by atoms with Crippen LogP contribution in [0.1, 0.15) is 41.9 Å². The zero-order valence-corrected chi connectivity index (χ0v) is 18.0. The molecule has 2 aromatic rings. The van der Waals surface area contributed by atoms with E-state index in [0.717, 1.165) is 51.4 Å². The van der Waals surface area contributed by atoms with E-state index in [-0.39, 0.29) is 0 Å². The van der Waals surface area contributed by atoms with Gasteiger partial charge in [0, 0.05) is 63.6 Å². The number of amides is 1. The maximum absolute atomic E-state index is 12.0. The van der Waals surface area contributed by atoms with Crippen LogP contribution in [0, 0.1) is 6.92 Å². The monoisotopic (exact) mass is 405 g/mol. The molecule has 158 valence electrons. The summed E-state index contributed by atoms with van der Waals surface area (Å²) >= 11 is 0. The Morgan fingerprint density at radius 3 is 2.93 bits per heavy atom. The first kappa shape index (κ1) is 20.4. The van der Waals surface area contributed by atoms with Crippen molar-refractivity contribution in [2.45, 2.75) is 38.5 Å². The van der Waals surface area contributed by atoms with Gasteiger partial charge in [-0.05, 0) is 55.0 Å². The number of guanidine groups is 1. The molecular weight excluding hydrogens is 374 g/mol. The molecule has 1 saturated heterocycles. The predicted octanol–water partition coefficient (Wildman–Crippen LogP) is 3.12. The standard InChI is InChI=1S/C24H31N5O/c1-18-16-26-12-9-19(18)10-13-27-24(25-2)29-17-20(21-6-3-4-7-22(21)29)11-15-28-14-5-8-23(28)30/h3-4,6-7,9,12,16,20H,5,8,10-11,13-15,17H2,1-2H3,(H,25,27). The number of likely N-dealkylation sites (tertiary alicyclic amines) is 1.